The van der Waals surface area contributed by atoms with E-state index >= 15 is 0 Å². The lowest BCUT2D eigenvalue weighted by molar-refractivity contribution is -0.131. The van der Waals surface area contributed by atoms with E-state index in [-0.39, 0.29) is 17.8 Å². The van der Waals surface area contributed by atoms with Crippen LogP contribution in [0.25, 0.3) is 5.69 Å². The number of hydrogen-bond donors (Lipinski definition) is 0. The molecule has 0 radical (unpaired) electrons. The van der Waals surface area contributed by atoms with Crippen LogP contribution in [-0.2, 0) is 4.79 Å². The number of benzene rings is 1. The van der Waals surface area contributed by atoms with E-state index in [1.54, 1.807) is 12.1 Å². The first-order chi connectivity index (χ1) is 13.4. The fraction of sp³-hybridized carbons (Fsp3) is 0.550. The lowest BCUT2D eigenvalue weighted by Crippen LogP contribution is -2.43. The third kappa shape index (κ3) is 4.55. The second-order valence-electron chi connectivity index (χ2n) is 7.51. The van der Waals surface area contributed by atoms with Gasteiger partial charge in [-0.2, -0.15) is 0 Å². The Morgan fingerprint density at radius 1 is 1.29 bits per heavy atom. The first-order valence-corrected chi connectivity index (χ1v) is 10.7. The van der Waals surface area contributed by atoms with Gasteiger partial charge in [-0.05, 0) is 71.5 Å². The fourth-order valence-electron chi connectivity index (χ4n) is 3.39. The first kappa shape index (κ1) is 20.8. The summed E-state index contributed by atoms with van der Waals surface area (Å²) in [4.78, 5) is 16.7. The molecule has 1 saturated heterocycles. The Kier molecular flexibility index (Phi) is 6.72. The quantitative estimate of drug-likeness (QED) is 0.689. The van der Waals surface area contributed by atoms with Crippen LogP contribution in [0.2, 0.25) is 0 Å². The van der Waals surface area contributed by atoms with Crippen LogP contribution in [0.15, 0.2) is 29.4 Å². The first-order valence-electron chi connectivity index (χ1n) is 9.68. The van der Waals surface area contributed by atoms with Crippen LogP contribution in [0.1, 0.15) is 45.0 Å². The van der Waals surface area contributed by atoms with E-state index < -0.39 is 0 Å². The SMILES string of the molecule is C[C@H](c1nnc(SCC(=O)N2CCCC[C@@H]2C)n1-c1ccc(F)cc1)N(C)C. The summed E-state index contributed by atoms with van der Waals surface area (Å²) in [7, 11) is 3.95. The Labute approximate surface area is 170 Å². The summed E-state index contributed by atoms with van der Waals surface area (Å²) in [6, 6.07) is 6.58. The van der Waals surface area contributed by atoms with Crippen molar-refractivity contribution in [1.29, 1.82) is 0 Å². The smallest absolute Gasteiger partial charge is 0.233 e. The van der Waals surface area contributed by atoms with Crippen LogP contribution in [0, 0.1) is 5.82 Å². The number of hydrogen-bond acceptors (Lipinski definition) is 5. The Morgan fingerprint density at radius 2 is 2.00 bits per heavy atom. The van der Waals surface area contributed by atoms with Gasteiger partial charge in [0, 0.05) is 18.3 Å². The van der Waals surface area contributed by atoms with Gasteiger partial charge < -0.3 is 4.90 Å². The van der Waals surface area contributed by atoms with Crippen molar-refractivity contribution in [3.63, 3.8) is 0 Å². The maximum Gasteiger partial charge on any atom is 0.233 e. The highest BCUT2D eigenvalue weighted by molar-refractivity contribution is 7.99. The molecule has 1 fully saturated rings. The number of likely N-dealkylation sites (tertiary alicyclic amines) is 1. The number of carbonyl (C=O) groups is 1. The van der Waals surface area contributed by atoms with Crippen LogP contribution in [0.5, 0.6) is 0 Å². The third-order valence-electron chi connectivity index (χ3n) is 5.34. The molecule has 1 aromatic carbocycles. The Bertz CT molecular complexity index is 807. The van der Waals surface area contributed by atoms with E-state index in [1.165, 1.54) is 30.3 Å². The maximum atomic E-state index is 13.4. The molecular formula is C20H28FN5OS. The molecule has 0 aliphatic carbocycles. The zero-order valence-electron chi connectivity index (χ0n) is 16.9. The molecule has 6 nitrogen and oxygen atoms in total. The molecule has 0 saturated carbocycles. The van der Waals surface area contributed by atoms with Gasteiger partial charge in [0.05, 0.1) is 11.8 Å². The number of amides is 1. The normalized spacial score (nSPS) is 18.5. The monoisotopic (exact) mass is 405 g/mol. The van der Waals surface area contributed by atoms with Gasteiger partial charge in [-0.25, -0.2) is 4.39 Å². The molecule has 8 heteroatoms. The second kappa shape index (κ2) is 9.05. The number of rotatable bonds is 6. The van der Waals surface area contributed by atoms with E-state index in [0.717, 1.165) is 30.9 Å². The van der Waals surface area contributed by atoms with E-state index in [4.69, 9.17) is 0 Å². The highest BCUT2D eigenvalue weighted by Gasteiger charge is 2.25. The average Bonchev–Trinajstić information content (AvgIpc) is 3.10. The van der Waals surface area contributed by atoms with Crippen molar-refractivity contribution in [3.8, 4) is 5.69 Å². The van der Waals surface area contributed by atoms with Gasteiger partial charge in [-0.15, -0.1) is 10.2 Å². The van der Waals surface area contributed by atoms with Gasteiger partial charge in [0.1, 0.15) is 5.82 Å². The Morgan fingerprint density at radius 3 is 2.64 bits per heavy atom. The van der Waals surface area contributed by atoms with Crippen molar-refractivity contribution in [2.24, 2.45) is 0 Å². The van der Waals surface area contributed by atoms with Crippen molar-refractivity contribution in [1.82, 2.24) is 24.6 Å². The van der Waals surface area contributed by atoms with Crippen LogP contribution in [0.4, 0.5) is 4.39 Å². The standard InChI is InChI=1S/C20H28FN5OS/c1-14-7-5-6-12-25(14)18(27)13-28-20-23-22-19(15(2)24(3)4)26(20)17-10-8-16(21)9-11-17/h8-11,14-15H,5-7,12-13H2,1-4H3/t14-,15+/m0/s1. The molecule has 1 aliphatic heterocycles. The zero-order chi connectivity index (χ0) is 20.3. The summed E-state index contributed by atoms with van der Waals surface area (Å²) in [5.41, 5.74) is 0.788. The molecule has 2 atom stereocenters. The van der Waals surface area contributed by atoms with Gasteiger partial charge in [0.15, 0.2) is 11.0 Å². The van der Waals surface area contributed by atoms with Crippen molar-refractivity contribution < 1.29 is 9.18 Å². The molecule has 1 aromatic heterocycles. The molecular weight excluding hydrogens is 377 g/mol. The van der Waals surface area contributed by atoms with E-state index in [0.29, 0.717) is 17.0 Å². The largest absolute Gasteiger partial charge is 0.339 e. The predicted octanol–water partition coefficient (Wildman–Crippen LogP) is 3.52. The maximum absolute atomic E-state index is 13.4. The van der Waals surface area contributed by atoms with Gasteiger partial charge >= 0.3 is 0 Å². The zero-order valence-corrected chi connectivity index (χ0v) is 17.7. The summed E-state index contributed by atoms with van der Waals surface area (Å²) in [6.07, 6.45) is 3.31. The highest BCUT2D eigenvalue weighted by atomic mass is 32.2. The van der Waals surface area contributed by atoms with E-state index in [1.807, 2.05) is 35.4 Å². The van der Waals surface area contributed by atoms with Crippen molar-refractivity contribution in [2.75, 3.05) is 26.4 Å². The van der Waals surface area contributed by atoms with Crippen molar-refractivity contribution >= 4 is 17.7 Å². The third-order valence-corrected chi connectivity index (χ3v) is 6.25. The molecule has 28 heavy (non-hydrogen) atoms. The van der Waals surface area contributed by atoms with Crippen LogP contribution in [-0.4, -0.2) is 62.9 Å². The molecule has 2 heterocycles. The molecule has 3 rings (SSSR count). The number of halogens is 1. The topological polar surface area (TPSA) is 54.3 Å². The van der Waals surface area contributed by atoms with Crippen molar-refractivity contribution in [2.45, 2.75) is 50.4 Å². The minimum Gasteiger partial charge on any atom is -0.339 e. The fourth-order valence-corrected chi connectivity index (χ4v) is 4.23. The lowest BCUT2D eigenvalue weighted by atomic mass is 10.0. The summed E-state index contributed by atoms with van der Waals surface area (Å²) < 4.78 is 15.3. The minimum absolute atomic E-state index is 0.0183. The van der Waals surface area contributed by atoms with Gasteiger partial charge in [0.2, 0.25) is 5.91 Å². The average molecular weight is 406 g/mol. The molecule has 0 bridgehead atoms. The number of nitrogens with zero attached hydrogens (tertiary/aromatic N) is 5. The Balaban J connectivity index is 1.84. The summed E-state index contributed by atoms with van der Waals surface area (Å²) >= 11 is 1.39. The van der Waals surface area contributed by atoms with Crippen LogP contribution < -0.4 is 0 Å². The summed E-state index contributed by atoms with van der Waals surface area (Å²) in [5, 5.41) is 9.36. The molecule has 1 amide bonds. The number of carbonyl (C=O) groups excluding carboxylic acids is 1. The van der Waals surface area contributed by atoms with Crippen LogP contribution in [0.3, 0.4) is 0 Å². The molecule has 0 N–H and O–H groups in total. The highest BCUT2D eigenvalue weighted by Crippen LogP contribution is 2.28. The molecule has 0 spiro atoms. The lowest BCUT2D eigenvalue weighted by Gasteiger charge is -2.33. The van der Waals surface area contributed by atoms with Gasteiger partial charge in [-0.1, -0.05) is 11.8 Å². The summed E-state index contributed by atoms with van der Waals surface area (Å²) in [5.74, 6) is 0.925. The second-order valence-corrected chi connectivity index (χ2v) is 8.46. The van der Waals surface area contributed by atoms with Gasteiger partial charge in [0.25, 0.3) is 0 Å². The Hall–Kier alpha value is -1.93. The number of aromatic nitrogens is 3. The summed E-state index contributed by atoms with van der Waals surface area (Å²) in [6.45, 7) is 4.98. The van der Waals surface area contributed by atoms with Crippen molar-refractivity contribution in [3.05, 3.63) is 35.9 Å². The molecule has 1 aliphatic rings. The number of thioether (sulfide) groups is 1. The predicted molar refractivity (Wildman–Crippen MR) is 109 cm³/mol. The van der Waals surface area contributed by atoms with E-state index in [2.05, 4.69) is 17.1 Å². The number of piperidine rings is 1. The van der Waals surface area contributed by atoms with Crippen LogP contribution >= 0.6 is 11.8 Å². The van der Waals surface area contributed by atoms with Gasteiger partial charge in [-0.3, -0.25) is 14.3 Å². The minimum atomic E-state index is -0.289. The molecule has 2 aromatic rings. The molecule has 0 unspecified atom stereocenters. The van der Waals surface area contributed by atoms with E-state index in [9.17, 15) is 9.18 Å². The molecule has 152 valence electrons.